The van der Waals surface area contributed by atoms with Crippen molar-refractivity contribution in [3.8, 4) is 0 Å². The van der Waals surface area contributed by atoms with Crippen LogP contribution in [-0.4, -0.2) is 96.7 Å². The summed E-state index contributed by atoms with van der Waals surface area (Å²) in [4.78, 5) is 72.0. The molecule has 0 bridgehead atoms. The number of phosphoric acid groups is 2. The predicted octanol–water partition coefficient (Wildman–Crippen LogP) is 18.0. The predicted molar refractivity (Wildman–Crippen MR) is 335 cm³/mol. The number of carbonyl (C=O) groups excluding carboxylic acids is 4. The zero-order chi connectivity index (χ0) is 62.2. The summed E-state index contributed by atoms with van der Waals surface area (Å²) in [6.07, 6.45) is 40.9. The van der Waals surface area contributed by atoms with E-state index in [2.05, 4.69) is 41.5 Å². The second-order valence-electron chi connectivity index (χ2n) is 24.2. The van der Waals surface area contributed by atoms with Gasteiger partial charge in [-0.05, 0) is 37.5 Å². The third kappa shape index (κ3) is 57.8. The molecule has 0 aromatic rings. The third-order valence-corrected chi connectivity index (χ3v) is 17.2. The minimum absolute atomic E-state index is 0.101. The van der Waals surface area contributed by atoms with Crippen molar-refractivity contribution in [3.05, 3.63) is 0 Å². The zero-order valence-corrected chi connectivity index (χ0v) is 56.0. The highest BCUT2D eigenvalue weighted by Crippen LogP contribution is 2.45. The number of aliphatic hydroxyl groups is 1. The lowest BCUT2D eigenvalue weighted by Gasteiger charge is -2.21. The molecule has 0 spiro atoms. The van der Waals surface area contributed by atoms with Crippen LogP contribution in [0.1, 0.15) is 324 Å². The molecule has 0 heterocycles. The van der Waals surface area contributed by atoms with E-state index in [0.717, 1.165) is 102 Å². The van der Waals surface area contributed by atoms with Gasteiger partial charge in [0.2, 0.25) is 0 Å². The van der Waals surface area contributed by atoms with E-state index in [-0.39, 0.29) is 25.7 Å². The van der Waals surface area contributed by atoms with Crippen LogP contribution in [-0.2, 0) is 65.4 Å². The second kappa shape index (κ2) is 57.5. The van der Waals surface area contributed by atoms with Gasteiger partial charge in [0.1, 0.15) is 19.3 Å². The standard InChI is InChI=1S/C65H126O17P2/c1-7-10-12-14-15-16-17-18-19-20-21-22-23-24-25-30-37-43-49-64(69)81-61(54-76-63(68)48-42-36-29-27-26-28-35-40-46-58(6)9-3)56-80-84(73,74)78-52-59(66)51-77-83(71,72)79-55-60(53-75-62(67)47-41-33-13-11-8-2)82-65(70)50-44-38-32-31-34-39-45-57(4)5/h57-61,66H,7-56H2,1-6H3,(H,71,72)(H,73,74)/t58?,59-,60+,61+/m0/s1. The van der Waals surface area contributed by atoms with Gasteiger partial charge < -0.3 is 33.8 Å². The molecule has 0 saturated heterocycles. The van der Waals surface area contributed by atoms with Crippen molar-refractivity contribution in [2.75, 3.05) is 39.6 Å². The number of hydrogen-bond donors (Lipinski definition) is 3. The maximum atomic E-state index is 13.0. The summed E-state index contributed by atoms with van der Waals surface area (Å²) in [6.45, 7) is 9.32. The van der Waals surface area contributed by atoms with Crippen LogP contribution in [0.2, 0.25) is 0 Å². The van der Waals surface area contributed by atoms with Gasteiger partial charge in [-0.2, -0.15) is 0 Å². The van der Waals surface area contributed by atoms with Gasteiger partial charge in [-0.3, -0.25) is 37.3 Å². The number of phosphoric ester groups is 2. The Morgan fingerprint density at radius 3 is 0.905 bits per heavy atom. The topological polar surface area (TPSA) is 237 Å². The molecule has 3 unspecified atom stereocenters. The van der Waals surface area contributed by atoms with Crippen LogP contribution < -0.4 is 0 Å². The molecule has 0 rings (SSSR count). The first-order valence-electron chi connectivity index (χ1n) is 34.0. The highest BCUT2D eigenvalue weighted by atomic mass is 31.2. The molecule has 0 aliphatic rings. The minimum Gasteiger partial charge on any atom is -0.462 e. The Hall–Kier alpha value is -1.94. The summed E-state index contributed by atoms with van der Waals surface area (Å²) in [7, 11) is -9.88. The van der Waals surface area contributed by atoms with E-state index in [1.165, 1.54) is 135 Å². The summed E-state index contributed by atoms with van der Waals surface area (Å²) in [5, 5.41) is 10.5. The Kier molecular flexibility index (Phi) is 56.2. The van der Waals surface area contributed by atoms with Gasteiger partial charge >= 0.3 is 39.5 Å². The summed E-state index contributed by atoms with van der Waals surface area (Å²) in [5.74, 6) is -0.700. The van der Waals surface area contributed by atoms with E-state index in [9.17, 15) is 43.2 Å². The molecule has 0 saturated carbocycles. The Morgan fingerprint density at radius 2 is 0.607 bits per heavy atom. The Bertz CT molecular complexity index is 1650. The zero-order valence-electron chi connectivity index (χ0n) is 54.2. The molecular weight excluding hydrogens is 1110 g/mol. The van der Waals surface area contributed by atoms with Crippen LogP contribution in [0.3, 0.4) is 0 Å². The molecule has 0 fully saturated rings. The fourth-order valence-electron chi connectivity index (χ4n) is 9.68. The SMILES string of the molecule is CCCCCCCCCCCCCCCCCCCCC(=O)O[C@H](COC(=O)CCCCCCCCCCC(C)CC)COP(=O)(O)OC[C@@H](O)COP(=O)(O)OC[C@@H](COC(=O)CCCCCCC)OC(=O)CCCCCCCCC(C)C. The fourth-order valence-corrected chi connectivity index (χ4v) is 11.3. The molecular formula is C65H126O17P2. The Balaban J connectivity index is 5.15. The van der Waals surface area contributed by atoms with E-state index in [1.54, 1.807) is 0 Å². The number of hydrogen-bond acceptors (Lipinski definition) is 15. The second-order valence-corrected chi connectivity index (χ2v) is 27.1. The number of rotatable bonds is 64. The normalized spacial score (nSPS) is 14.6. The molecule has 0 aliphatic heterocycles. The number of carbonyl (C=O) groups is 4. The van der Waals surface area contributed by atoms with Crippen LogP contribution in [0, 0.1) is 11.8 Å². The molecule has 0 aromatic carbocycles. The lowest BCUT2D eigenvalue weighted by Crippen LogP contribution is -2.30. The first-order chi connectivity index (χ1) is 40.4. The van der Waals surface area contributed by atoms with Gasteiger partial charge in [0.25, 0.3) is 0 Å². The number of esters is 4. The van der Waals surface area contributed by atoms with Gasteiger partial charge in [-0.15, -0.1) is 0 Å². The highest BCUT2D eigenvalue weighted by molar-refractivity contribution is 7.47. The number of aliphatic hydroxyl groups excluding tert-OH is 1. The average Bonchev–Trinajstić information content (AvgIpc) is 3.58. The van der Waals surface area contributed by atoms with Gasteiger partial charge in [0.05, 0.1) is 26.4 Å². The summed E-state index contributed by atoms with van der Waals surface area (Å²) in [6, 6.07) is 0. The van der Waals surface area contributed by atoms with E-state index >= 15 is 0 Å². The van der Waals surface area contributed by atoms with Crippen LogP contribution >= 0.6 is 15.6 Å². The monoisotopic (exact) mass is 1240 g/mol. The fraction of sp³-hybridized carbons (Fsp3) is 0.938. The van der Waals surface area contributed by atoms with E-state index in [4.69, 9.17) is 37.0 Å². The highest BCUT2D eigenvalue weighted by Gasteiger charge is 2.30. The molecule has 0 amide bonds. The number of unbranched alkanes of at least 4 members (excludes halogenated alkanes) is 33. The molecule has 84 heavy (non-hydrogen) atoms. The van der Waals surface area contributed by atoms with Gasteiger partial charge in [-0.25, -0.2) is 9.13 Å². The van der Waals surface area contributed by atoms with Crippen molar-refractivity contribution in [2.24, 2.45) is 11.8 Å². The molecule has 0 aromatic heterocycles. The first-order valence-corrected chi connectivity index (χ1v) is 37.0. The minimum atomic E-state index is -4.95. The van der Waals surface area contributed by atoms with E-state index in [1.807, 2.05) is 0 Å². The van der Waals surface area contributed by atoms with Crippen LogP contribution in [0.25, 0.3) is 0 Å². The molecule has 3 N–H and O–H groups in total. The summed E-state index contributed by atoms with van der Waals surface area (Å²) >= 11 is 0. The van der Waals surface area contributed by atoms with Crippen molar-refractivity contribution in [1.29, 1.82) is 0 Å². The smallest absolute Gasteiger partial charge is 0.462 e. The first kappa shape index (κ1) is 82.1. The lowest BCUT2D eigenvalue weighted by molar-refractivity contribution is -0.161. The molecule has 6 atom stereocenters. The lowest BCUT2D eigenvalue weighted by atomic mass is 9.99. The van der Waals surface area contributed by atoms with Crippen molar-refractivity contribution in [1.82, 2.24) is 0 Å². The Morgan fingerprint density at radius 1 is 0.345 bits per heavy atom. The summed E-state index contributed by atoms with van der Waals surface area (Å²) < 4.78 is 67.8. The average molecular weight is 1240 g/mol. The van der Waals surface area contributed by atoms with Crippen LogP contribution in [0.4, 0.5) is 0 Å². The van der Waals surface area contributed by atoms with Gasteiger partial charge in [0, 0.05) is 25.7 Å². The molecule has 0 aliphatic carbocycles. The number of ether oxygens (including phenoxy) is 4. The quantitative estimate of drug-likeness (QED) is 0.0222. The van der Waals surface area contributed by atoms with Gasteiger partial charge in [0.15, 0.2) is 12.2 Å². The van der Waals surface area contributed by atoms with Crippen molar-refractivity contribution < 1.29 is 80.2 Å². The van der Waals surface area contributed by atoms with Crippen LogP contribution in [0.15, 0.2) is 0 Å². The van der Waals surface area contributed by atoms with Gasteiger partial charge in [-0.1, -0.05) is 273 Å². The van der Waals surface area contributed by atoms with Crippen molar-refractivity contribution in [2.45, 2.75) is 342 Å². The Labute approximate surface area is 511 Å². The molecule has 19 heteroatoms. The third-order valence-electron chi connectivity index (χ3n) is 15.3. The molecule has 17 nitrogen and oxygen atoms in total. The van der Waals surface area contributed by atoms with E-state index in [0.29, 0.717) is 31.6 Å². The maximum absolute atomic E-state index is 13.0. The van der Waals surface area contributed by atoms with E-state index < -0.39 is 97.5 Å². The molecule has 498 valence electrons. The molecule has 0 radical (unpaired) electrons. The summed E-state index contributed by atoms with van der Waals surface area (Å²) in [5.41, 5.74) is 0. The maximum Gasteiger partial charge on any atom is 0.472 e. The van der Waals surface area contributed by atoms with Crippen molar-refractivity contribution in [3.63, 3.8) is 0 Å². The largest absolute Gasteiger partial charge is 0.472 e. The van der Waals surface area contributed by atoms with Crippen LogP contribution in [0.5, 0.6) is 0 Å². The van der Waals surface area contributed by atoms with Crippen molar-refractivity contribution >= 4 is 39.5 Å².